The van der Waals surface area contributed by atoms with Gasteiger partial charge in [0.05, 0.1) is 6.61 Å². The van der Waals surface area contributed by atoms with E-state index in [2.05, 4.69) is 36.2 Å². The minimum absolute atomic E-state index is 0.0344. The van der Waals surface area contributed by atoms with Gasteiger partial charge in [0, 0.05) is 28.8 Å². The molecule has 0 amide bonds. The number of aromatic amines is 1. The zero-order valence-electron chi connectivity index (χ0n) is 15.9. The SMILES string of the molecule is CC(C)C(CO)NCC(O)COc1ccc(-c2nc3cc(Br)cnc3[nH]2)cc1. The van der Waals surface area contributed by atoms with Gasteiger partial charge < -0.3 is 25.3 Å². The molecular weight excluding hydrogens is 424 g/mol. The molecule has 0 saturated heterocycles. The molecule has 1 aromatic carbocycles. The van der Waals surface area contributed by atoms with Crippen LogP contribution in [0.5, 0.6) is 5.75 Å². The van der Waals surface area contributed by atoms with Crippen molar-refractivity contribution in [2.75, 3.05) is 19.8 Å². The molecule has 2 unspecified atom stereocenters. The largest absolute Gasteiger partial charge is 0.491 e. The number of aromatic nitrogens is 3. The summed E-state index contributed by atoms with van der Waals surface area (Å²) in [7, 11) is 0. The molecule has 2 atom stereocenters. The molecule has 0 aliphatic carbocycles. The first-order chi connectivity index (χ1) is 13.5. The number of hydrogen-bond donors (Lipinski definition) is 4. The Morgan fingerprint density at radius 3 is 2.68 bits per heavy atom. The predicted molar refractivity (Wildman–Crippen MR) is 112 cm³/mol. The molecule has 2 aromatic heterocycles. The van der Waals surface area contributed by atoms with Crippen LogP contribution < -0.4 is 10.1 Å². The van der Waals surface area contributed by atoms with E-state index in [4.69, 9.17) is 4.74 Å². The molecule has 0 spiro atoms. The number of pyridine rings is 1. The Morgan fingerprint density at radius 1 is 1.25 bits per heavy atom. The van der Waals surface area contributed by atoms with Gasteiger partial charge in [0.25, 0.3) is 0 Å². The minimum atomic E-state index is -0.660. The van der Waals surface area contributed by atoms with Crippen molar-refractivity contribution < 1.29 is 14.9 Å². The second kappa shape index (κ2) is 9.47. The summed E-state index contributed by atoms with van der Waals surface area (Å²) in [5, 5.41) is 22.5. The first kappa shape index (κ1) is 20.7. The van der Waals surface area contributed by atoms with Gasteiger partial charge in [-0.3, -0.25) is 0 Å². The third-order valence-electron chi connectivity index (χ3n) is 4.49. The number of halogens is 1. The van der Waals surface area contributed by atoms with Crippen LogP contribution in [0.4, 0.5) is 0 Å². The molecule has 8 heteroatoms. The molecule has 4 N–H and O–H groups in total. The minimum Gasteiger partial charge on any atom is -0.491 e. The van der Waals surface area contributed by atoms with Gasteiger partial charge in [0.15, 0.2) is 5.65 Å². The maximum absolute atomic E-state index is 10.1. The van der Waals surface area contributed by atoms with Crippen molar-refractivity contribution in [1.82, 2.24) is 20.3 Å². The summed E-state index contributed by atoms with van der Waals surface area (Å²) in [5.41, 5.74) is 2.45. The van der Waals surface area contributed by atoms with E-state index >= 15 is 0 Å². The molecule has 0 radical (unpaired) electrons. The first-order valence-corrected chi connectivity index (χ1v) is 10.0. The molecule has 0 bridgehead atoms. The van der Waals surface area contributed by atoms with E-state index in [1.165, 1.54) is 0 Å². The number of H-pyrrole nitrogens is 1. The highest BCUT2D eigenvalue weighted by Crippen LogP contribution is 2.23. The molecule has 3 rings (SSSR count). The number of aliphatic hydroxyl groups excluding tert-OH is 2. The summed E-state index contributed by atoms with van der Waals surface area (Å²) in [4.78, 5) is 12.1. The van der Waals surface area contributed by atoms with E-state index in [1.54, 1.807) is 6.20 Å². The van der Waals surface area contributed by atoms with Gasteiger partial charge in [-0.1, -0.05) is 13.8 Å². The number of nitrogens with zero attached hydrogens (tertiary/aromatic N) is 2. The van der Waals surface area contributed by atoms with Crippen molar-refractivity contribution in [3.05, 3.63) is 41.0 Å². The molecule has 28 heavy (non-hydrogen) atoms. The molecule has 7 nitrogen and oxygen atoms in total. The van der Waals surface area contributed by atoms with Crippen molar-refractivity contribution in [1.29, 1.82) is 0 Å². The number of rotatable bonds is 9. The Kier molecular flexibility index (Phi) is 7.01. The summed E-state index contributed by atoms with van der Waals surface area (Å²) in [6, 6.07) is 9.39. The summed E-state index contributed by atoms with van der Waals surface area (Å²) in [6.45, 7) is 4.62. The number of imidazole rings is 1. The molecule has 0 fully saturated rings. The van der Waals surface area contributed by atoms with Crippen molar-refractivity contribution in [3.63, 3.8) is 0 Å². The molecule has 2 heterocycles. The predicted octanol–water partition coefficient (Wildman–Crippen LogP) is 2.73. The Labute approximate surface area is 172 Å². The van der Waals surface area contributed by atoms with Gasteiger partial charge in [-0.25, -0.2) is 9.97 Å². The highest BCUT2D eigenvalue weighted by atomic mass is 79.9. The van der Waals surface area contributed by atoms with E-state index in [1.807, 2.05) is 44.2 Å². The summed E-state index contributed by atoms with van der Waals surface area (Å²) in [6.07, 6.45) is 1.07. The molecule has 3 aromatic rings. The van der Waals surface area contributed by atoms with Crippen LogP contribution in [0.2, 0.25) is 0 Å². The van der Waals surface area contributed by atoms with Crippen LogP contribution >= 0.6 is 15.9 Å². The lowest BCUT2D eigenvalue weighted by molar-refractivity contribution is 0.0962. The van der Waals surface area contributed by atoms with Gasteiger partial charge in [-0.05, 0) is 52.2 Å². The van der Waals surface area contributed by atoms with Crippen LogP contribution in [0, 0.1) is 5.92 Å². The van der Waals surface area contributed by atoms with E-state index in [0.29, 0.717) is 18.2 Å². The number of nitrogens with one attached hydrogen (secondary N) is 2. The van der Waals surface area contributed by atoms with Crippen molar-refractivity contribution >= 4 is 27.1 Å². The average Bonchev–Trinajstić information content (AvgIpc) is 3.10. The lowest BCUT2D eigenvalue weighted by atomic mass is 10.1. The molecular formula is C20H25BrN4O3. The fourth-order valence-electron chi connectivity index (χ4n) is 2.77. The lowest BCUT2D eigenvalue weighted by Gasteiger charge is -2.22. The van der Waals surface area contributed by atoms with Crippen LogP contribution in [-0.2, 0) is 0 Å². The average molecular weight is 449 g/mol. The zero-order chi connectivity index (χ0) is 20.1. The Morgan fingerprint density at radius 2 is 2.00 bits per heavy atom. The number of hydrogen-bond acceptors (Lipinski definition) is 6. The second-order valence-electron chi connectivity index (χ2n) is 7.04. The standard InChI is InChI=1S/C20H25BrN4O3/c1-12(2)18(10-26)22-9-15(27)11-28-16-5-3-13(4-6-16)19-24-17-7-14(21)8-23-20(17)25-19/h3-8,12,15,18,22,26-27H,9-11H2,1-2H3,(H,23,24,25). The van der Waals surface area contributed by atoms with E-state index < -0.39 is 6.10 Å². The van der Waals surface area contributed by atoms with Gasteiger partial charge in [0.1, 0.15) is 29.8 Å². The van der Waals surface area contributed by atoms with Gasteiger partial charge >= 0.3 is 0 Å². The number of aliphatic hydroxyl groups is 2. The smallest absolute Gasteiger partial charge is 0.157 e. The number of ether oxygens (including phenoxy) is 1. The second-order valence-corrected chi connectivity index (χ2v) is 7.95. The fraction of sp³-hybridized carbons (Fsp3) is 0.400. The van der Waals surface area contributed by atoms with Crippen LogP contribution in [0.15, 0.2) is 41.0 Å². The number of fused-ring (bicyclic) bond motifs is 1. The maximum Gasteiger partial charge on any atom is 0.157 e. The normalized spacial score (nSPS) is 13.8. The monoisotopic (exact) mass is 448 g/mol. The molecule has 0 aliphatic rings. The summed E-state index contributed by atoms with van der Waals surface area (Å²) in [5.74, 6) is 1.70. The van der Waals surface area contributed by atoms with Crippen LogP contribution in [0.25, 0.3) is 22.6 Å². The van der Waals surface area contributed by atoms with Gasteiger partial charge in [-0.15, -0.1) is 0 Å². The third kappa shape index (κ3) is 5.29. The van der Waals surface area contributed by atoms with Crippen molar-refractivity contribution in [2.24, 2.45) is 5.92 Å². The van der Waals surface area contributed by atoms with Crippen LogP contribution in [0.1, 0.15) is 13.8 Å². The summed E-state index contributed by atoms with van der Waals surface area (Å²) >= 11 is 3.40. The molecule has 0 aliphatic heterocycles. The summed E-state index contributed by atoms with van der Waals surface area (Å²) < 4.78 is 6.54. The topological polar surface area (TPSA) is 103 Å². The van der Waals surface area contributed by atoms with Gasteiger partial charge in [-0.2, -0.15) is 0 Å². The quantitative estimate of drug-likeness (QED) is 0.401. The van der Waals surface area contributed by atoms with Crippen LogP contribution in [0.3, 0.4) is 0 Å². The fourth-order valence-corrected chi connectivity index (χ4v) is 3.09. The Hall–Kier alpha value is -2.00. The lowest BCUT2D eigenvalue weighted by Crippen LogP contribution is -2.42. The zero-order valence-corrected chi connectivity index (χ0v) is 17.5. The van der Waals surface area contributed by atoms with E-state index in [0.717, 1.165) is 27.0 Å². The maximum atomic E-state index is 10.1. The van der Waals surface area contributed by atoms with Gasteiger partial charge in [0.2, 0.25) is 0 Å². The Balaban J connectivity index is 1.55. The third-order valence-corrected chi connectivity index (χ3v) is 4.92. The highest BCUT2D eigenvalue weighted by Gasteiger charge is 2.14. The Bertz CT molecular complexity index is 898. The van der Waals surface area contributed by atoms with E-state index in [9.17, 15) is 10.2 Å². The van der Waals surface area contributed by atoms with Crippen LogP contribution in [-0.4, -0.2) is 57.1 Å². The molecule has 0 saturated carbocycles. The van der Waals surface area contributed by atoms with Crippen molar-refractivity contribution in [2.45, 2.75) is 26.0 Å². The highest BCUT2D eigenvalue weighted by molar-refractivity contribution is 9.10. The first-order valence-electron chi connectivity index (χ1n) is 9.23. The van der Waals surface area contributed by atoms with E-state index in [-0.39, 0.29) is 19.3 Å². The number of benzene rings is 1. The van der Waals surface area contributed by atoms with Crippen molar-refractivity contribution in [3.8, 4) is 17.1 Å². The molecule has 150 valence electrons.